The average molecular weight is 272 g/mol. The summed E-state index contributed by atoms with van der Waals surface area (Å²) in [5.74, 6) is 0. The zero-order valence-electron chi connectivity index (χ0n) is 11.5. The van der Waals surface area contributed by atoms with E-state index in [1.165, 1.54) is 19.4 Å². The average Bonchev–Trinajstić information content (AvgIpc) is 3.05. The topological polar surface area (TPSA) is 56.3 Å². The summed E-state index contributed by atoms with van der Waals surface area (Å²) >= 11 is 0. The standard InChI is InChI=1S/C15H20N4O/c16-11-3-4-15-14(6-11)17-10-19(15)8-13-7-18-5-1-2-12(18)9-20-13/h3-4,6,10,12-13H,1-2,5,7-9,16H2. The second-order valence-electron chi connectivity index (χ2n) is 5.89. The van der Waals surface area contributed by atoms with Crippen molar-refractivity contribution in [2.45, 2.75) is 31.5 Å². The van der Waals surface area contributed by atoms with Crippen molar-refractivity contribution >= 4 is 16.7 Å². The van der Waals surface area contributed by atoms with Crippen LogP contribution in [0.5, 0.6) is 0 Å². The summed E-state index contributed by atoms with van der Waals surface area (Å²) in [6.45, 7) is 4.01. The predicted octanol–water partition coefficient (Wildman–Crippen LogP) is 1.48. The minimum atomic E-state index is 0.263. The maximum absolute atomic E-state index is 6.02. The number of benzene rings is 1. The van der Waals surface area contributed by atoms with Gasteiger partial charge in [0.15, 0.2) is 0 Å². The van der Waals surface area contributed by atoms with Crippen LogP contribution < -0.4 is 5.73 Å². The van der Waals surface area contributed by atoms with Crippen molar-refractivity contribution in [2.24, 2.45) is 0 Å². The van der Waals surface area contributed by atoms with E-state index in [4.69, 9.17) is 10.5 Å². The van der Waals surface area contributed by atoms with Crippen molar-refractivity contribution in [2.75, 3.05) is 25.4 Å². The third-order valence-corrected chi connectivity index (χ3v) is 4.51. The molecule has 2 atom stereocenters. The molecule has 106 valence electrons. The lowest BCUT2D eigenvalue weighted by atomic mass is 10.2. The largest absolute Gasteiger partial charge is 0.399 e. The number of rotatable bonds is 2. The van der Waals surface area contributed by atoms with Crippen molar-refractivity contribution in [3.8, 4) is 0 Å². The molecule has 0 bridgehead atoms. The third kappa shape index (κ3) is 2.07. The first kappa shape index (κ1) is 12.2. The Morgan fingerprint density at radius 2 is 2.35 bits per heavy atom. The highest BCUT2D eigenvalue weighted by molar-refractivity contribution is 5.78. The van der Waals surface area contributed by atoms with Gasteiger partial charge in [0.05, 0.1) is 36.6 Å². The third-order valence-electron chi connectivity index (χ3n) is 4.51. The minimum absolute atomic E-state index is 0.263. The molecule has 1 aromatic heterocycles. The van der Waals surface area contributed by atoms with E-state index in [0.717, 1.165) is 36.4 Å². The lowest BCUT2D eigenvalue weighted by molar-refractivity contribution is -0.0547. The fourth-order valence-electron chi connectivity index (χ4n) is 3.44. The van der Waals surface area contributed by atoms with Gasteiger partial charge in [-0.3, -0.25) is 4.90 Å². The maximum Gasteiger partial charge on any atom is 0.0959 e. The summed E-state index contributed by atoms with van der Waals surface area (Å²) in [5.41, 5.74) is 8.64. The Bertz CT molecular complexity index is 623. The quantitative estimate of drug-likeness (QED) is 0.841. The van der Waals surface area contributed by atoms with Gasteiger partial charge in [0.25, 0.3) is 0 Å². The molecule has 0 amide bonds. The molecule has 0 radical (unpaired) electrons. The van der Waals surface area contributed by atoms with Crippen LogP contribution in [0, 0.1) is 0 Å². The van der Waals surface area contributed by atoms with Crippen molar-refractivity contribution < 1.29 is 4.74 Å². The van der Waals surface area contributed by atoms with Gasteiger partial charge in [-0.25, -0.2) is 4.98 Å². The number of nitrogen functional groups attached to an aromatic ring is 1. The molecule has 5 heteroatoms. The number of nitrogens with zero attached hydrogens (tertiary/aromatic N) is 3. The Balaban J connectivity index is 1.53. The SMILES string of the molecule is Nc1ccc2c(c1)ncn2CC1CN2CCCC2CO1. The molecule has 20 heavy (non-hydrogen) atoms. The first-order valence-corrected chi connectivity index (χ1v) is 7.35. The number of ether oxygens (including phenoxy) is 1. The zero-order chi connectivity index (χ0) is 13.5. The smallest absolute Gasteiger partial charge is 0.0959 e. The summed E-state index contributed by atoms with van der Waals surface area (Å²) in [6.07, 6.45) is 4.76. The summed E-state index contributed by atoms with van der Waals surface area (Å²) in [7, 11) is 0. The van der Waals surface area contributed by atoms with E-state index in [9.17, 15) is 0 Å². The Morgan fingerprint density at radius 1 is 1.40 bits per heavy atom. The molecule has 0 saturated carbocycles. The summed E-state index contributed by atoms with van der Waals surface area (Å²) in [4.78, 5) is 7.00. The van der Waals surface area contributed by atoms with Crippen molar-refractivity contribution in [3.05, 3.63) is 24.5 Å². The second-order valence-corrected chi connectivity index (χ2v) is 5.89. The summed E-state index contributed by atoms with van der Waals surface area (Å²) in [5, 5.41) is 0. The normalized spacial score (nSPS) is 27.0. The number of hydrogen-bond donors (Lipinski definition) is 1. The molecule has 0 spiro atoms. The molecular formula is C15H20N4O. The molecule has 3 heterocycles. The Labute approximate surface area is 118 Å². The lowest BCUT2D eigenvalue weighted by Gasteiger charge is -2.35. The van der Waals surface area contributed by atoms with Gasteiger partial charge in [0.2, 0.25) is 0 Å². The van der Waals surface area contributed by atoms with Crippen LogP contribution in [-0.4, -0.2) is 46.3 Å². The number of aromatic nitrogens is 2. The predicted molar refractivity (Wildman–Crippen MR) is 78.5 cm³/mol. The molecule has 2 N–H and O–H groups in total. The van der Waals surface area contributed by atoms with E-state index in [1.54, 1.807) is 0 Å². The molecule has 4 rings (SSSR count). The van der Waals surface area contributed by atoms with E-state index in [2.05, 4.69) is 14.5 Å². The fraction of sp³-hybridized carbons (Fsp3) is 0.533. The highest BCUT2D eigenvalue weighted by Gasteiger charge is 2.32. The van der Waals surface area contributed by atoms with Crippen molar-refractivity contribution in [1.82, 2.24) is 14.5 Å². The van der Waals surface area contributed by atoms with E-state index in [-0.39, 0.29) is 6.10 Å². The van der Waals surface area contributed by atoms with Crippen LogP contribution in [0.1, 0.15) is 12.8 Å². The van der Waals surface area contributed by atoms with Gasteiger partial charge in [-0.2, -0.15) is 0 Å². The van der Waals surface area contributed by atoms with Gasteiger partial charge < -0.3 is 15.0 Å². The molecule has 5 nitrogen and oxygen atoms in total. The van der Waals surface area contributed by atoms with E-state index in [0.29, 0.717) is 6.04 Å². The van der Waals surface area contributed by atoms with Crippen LogP contribution in [-0.2, 0) is 11.3 Å². The van der Waals surface area contributed by atoms with Crippen LogP contribution in [0.3, 0.4) is 0 Å². The highest BCUT2D eigenvalue weighted by Crippen LogP contribution is 2.24. The summed E-state index contributed by atoms with van der Waals surface area (Å²) < 4.78 is 8.20. The highest BCUT2D eigenvalue weighted by atomic mass is 16.5. The first-order chi connectivity index (χ1) is 9.79. The minimum Gasteiger partial charge on any atom is -0.399 e. The molecule has 1 aromatic carbocycles. The number of imidazole rings is 1. The number of fused-ring (bicyclic) bond motifs is 2. The maximum atomic E-state index is 6.02. The van der Waals surface area contributed by atoms with Gasteiger partial charge in [0, 0.05) is 18.3 Å². The van der Waals surface area contributed by atoms with Crippen LogP contribution in [0.4, 0.5) is 5.69 Å². The molecule has 0 aliphatic carbocycles. The van der Waals surface area contributed by atoms with Gasteiger partial charge in [-0.1, -0.05) is 0 Å². The number of hydrogen-bond acceptors (Lipinski definition) is 4. The molecule has 2 unspecified atom stereocenters. The molecular weight excluding hydrogens is 252 g/mol. The van der Waals surface area contributed by atoms with Crippen LogP contribution >= 0.6 is 0 Å². The molecule has 2 aromatic rings. The second kappa shape index (κ2) is 4.75. The van der Waals surface area contributed by atoms with E-state index in [1.807, 2.05) is 24.5 Å². The zero-order valence-corrected chi connectivity index (χ0v) is 11.5. The Kier molecular flexibility index (Phi) is 2.89. The van der Waals surface area contributed by atoms with Gasteiger partial charge in [-0.05, 0) is 37.6 Å². The molecule has 2 fully saturated rings. The summed E-state index contributed by atoms with van der Waals surface area (Å²) in [6, 6.07) is 6.55. The Hall–Kier alpha value is -1.59. The number of anilines is 1. The van der Waals surface area contributed by atoms with Gasteiger partial charge >= 0.3 is 0 Å². The fourth-order valence-corrected chi connectivity index (χ4v) is 3.44. The molecule has 2 aliphatic rings. The van der Waals surface area contributed by atoms with E-state index < -0.39 is 0 Å². The first-order valence-electron chi connectivity index (χ1n) is 7.35. The van der Waals surface area contributed by atoms with Gasteiger partial charge in [-0.15, -0.1) is 0 Å². The van der Waals surface area contributed by atoms with Crippen molar-refractivity contribution in [1.29, 1.82) is 0 Å². The number of nitrogens with two attached hydrogens (primary N) is 1. The van der Waals surface area contributed by atoms with Crippen LogP contribution in [0.25, 0.3) is 11.0 Å². The molecule has 2 aliphatic heterocycles. The monoisotopic (exact) mass is 272 g/mol. The van der Waals surface area contributed by atoms with Gasteiger partial charge in [0.1, 0.15) is 0 Å². The lowest BCUT2D eigenvalue weighted by Crippen LogP contribution is -2.47. The van der Waals surface area contributed by atoms with Crippen LogP contribution in [0.15, 0.2) is 24.5 Å². The molecule has 2 saturated heterocycles. The number of morpholine rings is 1. The Morgan fingerprint density at radius 3 is 3.30 bits per heavy atom. The van der Waals surface area contributed by atoms with Crippen LogP contribution in [0.2, 0.25) is 0 Å². The van der Waals surface area contributed by atoms with Crippen molar-refractivity contribution in [3.63, 3.8) is 0 Å². The van der Waals surface area contributed by atoms with E-state index >= 15 is 0 Å².